The number of aryl methyl sites for hydroxylation is 1. The summed E-state index contributed by atoms with van der Waals surface area (Å²) < 4.78 is 13.4. The van der Waals surface area contributed by atoms with E-state index in [0.717, 1.165) is 38.2 Å². The quantitative estimate of drug-likeness (QED) is 0.837. The van der Waals surface area contributed by atoms with Crippen molar-refractivity contribution < 1.29 is 9.18 Å². The van der Waals surface area contributed by atoms with Crippen LogP contribution in [-0.2, 0) is 6.54 Å². The van der Waals surface area contributed by atoms with Crippen LogP contribution < -0.4 is 0 Å². The van der Waals surface area contributed by atoms with E-state index < -0.39 is 0 Å². The lowest BCUT2D eigenvalue weighted by molar-refractivity contribution is 0.0584. The van der Waals surface area contributed by atoms with Gasteiger partial charge in [-0.25, -0.2) is 4.39 Å². The number of hydrogen-bond acceptors (Lipinski definition) is 2. The maximum absolute atomic E-state index is 13.4. The molecule has 26 heavy (non-hydrogen) atoms. The predicted octanol–water partition coefficient (Wildman–Crippen LogP) is 3.87. The molecular weight excluding hydrogens is 327 g/mol. The summed E-state index contributed by atoms with van der Waals surface area (Å²) in [4.78, 5) is 17.7. The van der Waals surface area contributed by atoms with Crippen LogP contribution in [0, 0.1) is 18.7 Å². The minimum absolute atomic E-state index is 0.0544. The average molecular weight is 352 g/mol. The molecule has 1 amide bonds. The van der Waals surface area contributed by atoms with Gasteiger partial charge < -0.3 is 4.90 Å². The normalized spacial score (nSPS) is 23.1. The molecular formula is C22H25FN2O. The van der Waals surface area contributed by atoms with Crippen molar-refractivity contribution in [3.63, 3.8) is 0 Å². The van der Waals surface area contributed by atoms with Crippen molar-refractivity contribution in [3.05, 3.63) is 71.0 Å². The van der Waals surface area contributed by atoms with Crippen molar-refractivity contribution in [1.82, 2.24) is 9.80 Å². The maximum atomic E-state index is 13.4. The van der Waals surface area contributed by atoms with Crippen LogP contribution in [0.2, 0.25) is 0 Å². The Bertz CT molecular complexity index is 792. The summed E-state index contributed by atoms with van der Waals surface area (Å²) in [5.41, 5.74) is 2.67. The second kappa shape index (κ2) is 7.20. The highest BCUT2D eigenvalue weighted by atomic mass is 19.1. The molecule has 3 heterocycles. The van der Waals surface area contributed by atoms with E-state index in [1.54, 1.807) is 6.07 Å². The molecule has 5 rings (SSSR count). The van der Waals surface area contributed by atoms with E-state index in [0.29, 0.717) is 11.5 Å². The van der Waals surface area contributed by atoms with E-state index in [-0.39, 0.29) is 17.8 Å². The van der Waals surface area contributed by atoms with Gasteiger partial charge in [0.15, 0.2) is 0 Å². The minimum atomic E-state index is -0.287. The van der Waals surface area contributed by atoms with Crippen LogP contribution in [0.5, 0.6) is 0 Å². The van der Waals surface area contributed by atoms with Gasteiger partial charge in [-0.15, -0.1) is 0 Å². The SMILES string of the molecule is Cc1cc(F)ccc1C(=O)N1C[C@H]2CC[C@@H]1CN(Cc1ccccc1)C2. The fraction of sp³-hybridized carbons (Fsp3) is 0.409. The fourth-order valence-corrected chi connectivity index (χ4v) is 4.42. The first-order chi connectivity index (χ1) is 12.6. The zero-order valence-electron chi connectivity index (χ0n) is 15.2. The monoisotopic (exact) mass is 352 g/mol. The average Bonchev–Trinajstić information content (AvgIpc) is 2.92. The van der Waals surface area contributed by atoms with Gasteiger partial charge in [-0.2, -0.15) is 0 Å². The molecule has 3 nitrogen and oxygen atoms in total. The lowest BCUT2D eigenvalue weighted by atomic mass is 9.94. The molecule has 0 unspecified atom stereocenters. The zero-order valence-corrected chi connectivity index (χ0v) is 15.2. The van der Waals surface area contributed by atoms with E-state index in [4.69, 9.17) is 0 Å². The molecule has 2 atom stereocenters. The number of amides is 1. The minimum Gasteiger partial charge on any atom is -0.334 e. The molecule has 0 aliphatic carbocycles. The number of halogens is 1. The van der Waals surface area contributed by atoms with Crippen molar-refractivity contribution in [3.8, 4) is 0 Å². The maximum Gasteiger partial charge on any atom is 0.254 e. The molecule has 0 aromatic heterocycles. The first-order valence-electron chi connectivity index (χ1n) is 9.43. The van der Waals surface area contributed by atoms with Crippen LogP contribution in [0.25, 0.3) is 0 Å². The largest absolute Gasteiger partial charge is 0.334 e. The van der Waals surface area contributed by atoms with Crippen molar-refractivity contribution in [2.45, 2.75) is 32.4 Å². The summed E-state index contributed by atoms with van der Waals surface area (Å²) in [5.74, 6) is 0.284. The van der Waals surface area contributed by atoms with Gasteiger partial charge in [-0.1, -0.05) is 30.3 Å². The lowest BCUT2D eigenvalue weighted by Crippen LogP contribution is -2.47. The molecule has 4 heteroatoms. The molecule has 2 aromatic rings. The number of carbonyl (C=O) groups is 1. The predicted molar refractivity (Wildman–Crippen MR) is 100 cm³/mol. The second-order valence-electron chi connectivity index (χ2n) is 7.69. The Kier molecular flexibility index (Phi) is 4.77. The summed E-state index contributed by atoms with van der Waals surface area (Å²) in [5, 5.41) is 0. The molecule has 3 aliphatic rings. The van der Waals surface area contributed by atoms with E-state index >= 15 is 0 Å². The van der Waals surface area contributed by atoms with Crippen molar-refractivity contribution in [2.75, 3.05) is 19.6 Å². The van der Waals surface area contributed by atoms with Crippen LogP contribution in [0.15, 0.2) is 48.5 Å². The lowest BCUT2D eigenvalue weighted by Gasteiger charge is -2.36. The Hall–Kier alpha value is -2.20. The van der Waals surface area contributed by atoms with Crippen molar-refractivity contribution in [1.29, 1.82) is 0 Å². The van der Waals surface area contributed by atoms with Crippen LogP contribution in [-0.4, -0.2) is 41.4 Å². The van der Waals surface area contributed by atoms with Gasteiger partial charge in [0, 0.05) is 37.8 Å². The van der Waals surface area contributed by atoms with Gasteiger partial charge in [0.25, 0.3) is 5.91 Å². The smallest absolute Gasteiger partial charge is 0.254 e. The molecule has 0 spiro atoms. The van der Waals surface area contributed by atoms with E-state index in [2.05, 4.69) is 29.2 Å². The third-order valence-electron chi connectivity index (χ3n) is 5.72. The number of rotatable bonds is 3. The first kappa shape index (κ1) is 17.2. The van der Waals surface area contributed by atoms with Crippen LogP contribution >= 0.6 is 0 Å². The second-order valence-corrected chi connectivity index (χ2v) is 7.69. The van der Waals surface area contributed by atoms with Gasteiger partial charge in [-0.05, 0) is 55.0 Å². The Balaban J connectivity index is 1.52. The summed E-state index contributed by atoms with van der Waals surface area (Å²) in [6.45, 7) is 5.51. The number of carbonyl (C=O) groups excluding carboxylic acids is 1. The van der Waals surface area contributed by atoms with Crippen LogP contribution in [0.4, 0.5) is 4.39 Å². The molecule has 2 bridgehead atoms. The first-order valence-corrected chi connectivity index (χ1v) is 9.43. The Morgan fingerprint density at radius 1 is 1.08 bits per heavy atom. The molecule has 0 saturated carbocycles. The molecule has 3 saturated heterocycles. The van der Waals surface area contributed by atoms with E-state index in [1.165, 1.54) is 24.1 Å². The Morgan fingerprint density at radius 2 is 1.88 bits per heavy atom. The highest BCUT2D eigenvalue weighted by molar-refractivity contribution is 5.96. The molecule has 3 fully saturated rings. The van der Waals surface area contributed by atoms with Crippen molar-refractivity contribution in [2.24, 2.45) is 5.92 Å². The van der Waals surface area contributed by atoms with E-state index in [9.17, 15) is 9.18 Å². The standard InChI is InChI=1S/C22H25FN2O/c1-16-11-19(23)8-10-21(16)22(26)25-14-18-7-9-20(25)15-24(13-18)12-17-5-3-2-4-6-17/h2-6,8,10-11,18,20H,7,9,12-15H2,1H3/t18-,20+/m0/s1. The molecule has 3 aliphatic heterocycles. The number of fused-ring (bicyclic) bond motifs is 4. The van der Waals surface area contributed by atoms with Crippen LogP contribution in [0.3, 0.4) is 0 Å². The van der Waals surface area contributed by atoms with Gasteiger partial charge in [0.1, 0.15) is 5.82 Å². The highest BCUT2D eigenvalue weighted by Crippen LogP contribution is 2.30. The summed E-state index contributed by atoms with van der Waals surface area (Å²) in [6, 6.07) is 15.2. The number of hydrogen-bond donors (Lipinski definition) is 0. The third-order valence-corrected chi connectivity index (χ3v) is 5.72. The third kappa shape index (κ3) is 3.51. The fourth-order valence-electron chi connectivity index (χ4n) is 4.42. The van der Waals surface area contributed by atoms with Crippen LogP contribution in [0.1, 0.15) is 34.3 Å². The zero-order chi connectivity index (χ0) is 18.1. The van der Waals surface area contributed by atoms with E-state index in [1.807, 2.05) is 17.9 Å². The Morgan fingerprint density at radius 3 is 2.65 bits per heavy atom. The van der Waals surface area contributed by atoms with Gasteiger partial charge in [-0.3, -0.25) is 9.69 Å². The summed E-state index contributed by atoms with van der Waals surface area (Å²) in [7, 11) is 0. The molecule has 2 aromatic carbocycles. The number of benzene rings is 2. The molecule has 0 radical (unpaired) electrons. The van der Waals surface area contributed by atoms with Gasteiger partial charge in [0.05, 0.1) is 0 Å². The highest BCUT2D eigenvalue weighted by Gasteiger charge is 2.37. The summed E-state index contributed by atoms with van der Waals surface area (Å²) in [6.07, 6.45) is 2.24. The van der Waals surface area contributed by atoms with Gasteiger partial charge in [0.2, 0.25) is 0 Å². The number of nitrogens with zero attached hydrogens (tertiary/aromatic N) is 2. The van der Waals surface area contributed by atoms with Crippen molar-refractivity contribution >= 4 is 5.91 Å². The summed E-state index contributed by atoms with van der Waals surface area (Å²) >= 11 is 0. The molecule has 136 valence electrons. The molecule has 0 N–H and O–H groups in total. The number of piperidine rings is 1. The Labute approximate surface area is 154 Å². The topological polar surface area (TPSA) is 23.6 Å². The van der Waals surface area contributed by atoms with Gasteiger partial charge >= 0.3 is 0 Å².